The number of rotatable bonds is 11. The van der Waals surface area contributed by atoms with Gasteiger partial charge in [-0.05, 0) is 35.7 Å². The highest BCUT2D eigenvalue weighted by molar-refractivity contribution is 7.07. The van der Waals surface area contributed by atoms with Crippen LogP contribution in [0.15, 0.2) is 28.1 Å². The Morgan fingerprint density at radius 3 is 3.04 bits per heavy atom. The van der Waals surface area contributed by atoms with Gasteiger partial charge in [0.05, 0.1) is 0 Å². The molecule has 1 N–H and O–H groups in total. The van der Waals surface area contributed by atoms with E-state index in [0.29, 0.717) is 0 Å². The fraction of sp³-hybridized carbons (Fsp3) is 0.611. The number of ether oxygens (including phenoxy) is 1. The van der Waals surface area contributed by atoms with Gasteiger partial charge in [0.1, 0.15) is 12.2 Å². The maximum Gasteiger partial charge on any atom is 0.194 e. The molecule has 0 bridgehead atoms. The molecule has 0 atom stereocenters. The third kappa shape index (κ3) is 6.76. The first-order valence-electron chi connectivity index (χ1n) is 9.19. The van der Waals surface area contributed by atoms with Crippen LogP contribution in [0.3, 0.4) is 0 Å². The second-order valence-corrected chi connectivity index (χ2v) is 6.74. The van der Waals surface area contributed by atoms with E-state index in [1.165, 1.54) is 5.56 Å². The van der Waals surface area contributed by atoms with Crippen LogP contribution in [0.4, 0.5) is 0 Å². The average Bonchev–Trinajstić information content (AvgIpc) is 3.31. The molecule has 2 rings (SSSR count). The number of guanidine groups is 1. The predicted octanol–water partition coefficient (Wildman–Crippen LogP) is 2.41. The summed E-state index contributed by atoms with van der Waals surface area (Å²) in [4.78, 5) is 6.91. The van der Waals surface area contributed by atoms with Gasteiger partial charge in [-0.1, -0.05) is 6.92 Å². The average molecular weight is 379 g/mol. The number of nitrogens with one attached hydrogen (secondary N) is 1. The third-order valence-electron chi connectivity index (χ3n) is 3.92. The molecule has 2 heterocycles. The summed E-state index contributed by atoms with van der Waals surface area (Å²) in [6.07, 6.45) is 3.60. The van der Waals surface area contributed by atoms with Crippen LogP contribution in [-0.2, 0) is 24.2 Å². The van der Waals surface area contributed by atoms with Crippen LogP contribution in [0.1, 0.15) is 31.7 Å². The normalized spacial score (nSPS) is 11.7. The van der Waals surface area contributed by atoms with E-state index in [1.54, 1.807) is 17.7 Å². The highest BCUT2D eigenvalue weighted by Gasteiger charge is 2.08. The second-order valence-electron chi connectivity index (χ2n) is 5.96. The zero-order valence-electron chi connectivity index (χ0n) is 16.0. The maximum absolute atomic E-state index is 5.40. The Labute approximate surface area is 160 Å². The number of aliphatic imine (C=N–C) groups is 1. The topological polar surface area (TPSA) is 67.6 Å². The molecule has 2 aromatic heterocycles. The molecule has 0 aliphatic rings. The summed E-state index contributed by atoms with van der Waals surface area (Å²) in [5.74, 6) is 1.92. The Balaban J connectivity index is 1.89. The van der Waals surface area contributed by atoms with Crippen molar-refractivity contribution in [1.29, 1.82) is 0 Å². The van der Waals surface area contributed by atoms with Crippen LogP contribution < -0.4 is 5.32 Å². The summed E-state index contributed by atoms with van der Waals surface area (Å²) in [5, 5.41) is 15.9. The van der Waals surface area contributed by atoms with Crippen molar-refractivity contribution in [3.05, 3.63) is 34.5 Å². The molecule has 0 aliphatic heterocycles. The van der Waals surface area contributed by atoms with Crippen molar-refractivity contribution in [2.45, 2.75) is 39.8 Å². The quantitative estimate of drug-likeness (QED) is 0.369. The summed E-state index contributed by atoms with van der Waals surface area (Å²) >= 11 is 1.72. The maximum atomic E-state index is 5.40. The number of hydrogen-bond donors (Lipinski definition) is 1. The lowest BCUT2D eigenvalue weighted by molar-refractivity contribution is 0.146. The second kappa shape index (κ2) is 11.6. The van der Waals surface area contributed by atoms with Crippen molar-refractivity contribution in [2.75, 3.05) is 33.4 Å². The first-order valence-corrected chi connectivity index (χ1v) is 10.1. The Hall–Kier alpha value is -1.93. The molecule has 0 aromatic carbocycles. The number of nitrogens with zero attached hydrogens (tertiary/aromatic N) is 5. The van der Waals surface area contributed by atoms with Crippen molar-refractivity contribution in [3.8, 4) is 0 Å². The molecular formula is C18H30N6OS. The van der Waals surface area contributed by atoms with Gasteiger partial charge in [-0.15, -0.1) is 10.2 Å². The smallest absolute Gasteiger partial charge is 0.194 e. The molecule has 0 aliphatic carbocycles. The van der Waals surface area contributed by atoms with Crippen molar-refractivity contribution in [2.24, 2.45) is 4.99 Å². The van der Waals surface area contributed by atoms with E-state index in [0.717, 1.165) is 64.0 Å². The van der Waals surface area contributed by atoms with Gasteiger partial charge in [0, 0.05) is 52.9 Å². The molecule has 7 nitrogen and oxygen atoms in total. The minimum Gasteiger partial charge on any atom is -0.382 e. The van der Waals surface area contributed by atoms with Gasteiger partial charge in [0.25, 0.3) is 0 Å². The van der Waals surface area contributed by atoms with E-state index < -0.39 is 0 Å². The summed E-state index contributed by atoms with van der Waals surface area (Å²) in [6.45, 7) is 8.81. The van der Waals surface area contributed by atoms with Gasteiger partial charge < -0.3 is 19.5 Å². The predicted molar refractivity (Wildman–Crippen MR) is 107 cm³/mol. The van der Waals surface area contributed by atoms with E-state index in [9.17, 15) is 0 Å². The van der Waals surface area contributed by atoms with E-state index in [2.05, 4.69) is 55.8 Å². The fourth-order valence-corrected chi connectivity index (χ4v) is 3.23. The largest absolute Gasteiger partial charge is 0.382 e. The van der Waals surface area contributed by atoms with Gasteiger partial charge in [0.15, 0.2) is 5.96 Å². The van der Waals surface area contributed by atoms with Crippen molar-refractivity contribution in [1.82, 2.24) is 25.0 Å². The van der Waals surface area contributed by atoms with Crippen LogP contribution in [0, 0.1) is 0 Å². The van der Waals surface area contributed by atoms with Gasteiger partial charge >= 0.3 is 0 Å². The van der Waals surface area contributed by atoms with Gasteiger partial charge in [-0.25, -0.2) is 0 Å². The van der Waals surface area contributed by atoms with Crippen molar-refractivity contribution < 1.29 is 4.74 Å². The lowest BCUT2D eigenvalue weighted by Crippen LogP contribution is -2.40. The highest BCUT2D eigenvalue weighted by Crippen LogP contribution is 2.08. The van der Waals surface area contributed by atoms with E-state index in [-0.39, 0.29) is 0 Å². The Bertz CT molecular complexity index is 640. The fourth-order valence-electron chi connectivity index (χ4n) is 2.57. The van der Waals surface area contributed by atoms with Crippen LogP contribution in [0.5, 0.6) is 0 Å². The first kappa shape index (κ1) is 20.4. The van der Waals surface area contributed by atoms with Crippen LogP contribution in [0.25, 0.3) is 0 Å². The molecule has 0 fully saturated rings. The lowest BCUT2D eigenvalue weighted by Gasteiger charge is -2.22. The zero-order chi connectivity index (χ0) is 18.6. The lowest BCUT2D eigenvalue weighted by atomic mass is 10.3. The molecule has 0 spiro atoms. The molecule has 8 heteroatoms. The summed E-state index contributed by atoms with van der Waals surface area (Å²) in [7, 11) is 2.07. The number of aryl methyl sites for hydroxylation is 1. The van der Waals surface area contributed by atoms with E-state index in [1.807, 2.05) is 6.92 Å². The summed E-state index contributed by atoms with van der Waals surface area (Å²) in [6, 6.07) is 2.15. The number of aromatic nitrogens is 3. The standard InChI is InChI=1S/C18H30N6OS/c1-4-17-22-21-15-24(17)10-9-20-18(19-8-6-11-25-5-2)23(3)13-16-7-12-26-14-16/h7,12,14-15H,4-6,8-11,13H2,1-3H3,(H,19,20). The number of hydrogen-bond acceptors (Lipinski definition) is 5. The third-order valence-corrected chi connectivity index (χ3v) is 4.65. The Kier molecular flexibility index (Phi) is 9.13. The summed E-state index contributed by atoms with van der Waals surface area (Å²) < 4.78 is 7.48. The molecular weight excluding hydrogens is 348 g/mol. The first-order chi connectivity index (χ1) is 12.7. The van der Waals surface area contributed by atoms with Gasteiger partial charge in [-0.2, -0.15) is 11.3 Å². The zero-order valence-corrected chi connectivity index (χ0v) is 16.8. The van der Waals surface area contributed by atoms with Gasteiger partial charge in [-0.3, -0.25) is 4.99 Å². The molecule has 2 aromatic rings. The minimum atomic E-state index is 0.752. The molecule has 144 valence electrons. The molecule has 0 saturated heterocycles. The SMILES string of the molecule is CCOCCCN=C(NCCn1cnnc1CC)N(C)Cc1ccsc1. The van der Waals surface area contributed by atoms with Crippen LogP contribution in [0.2, 0.25) is 0 Å². The molecule has 0 saturated carbocycles. The monoisotopic (exact) mass is 378 g/mol. The van der Waals surface area contributed by atoms with Crippen molar-refractivity contribution in [3.63, 3.8) is 0 Å². The van der Waals surface area contributed by atoms with Crippen LogP contribution in [-0.4, -0.2) is 59.0 Å². The molecule has 26 heavy (non-hydrogen) atoms. The van der Waals surface area contributed by atoms with Crippen LogP contribution >= 0.6 is 11.3 Å². The summed E-state index contributed by atoms with van der Waals surface area (Å²) in [5.41, 5.74) is 1.30. The van der Waals surface area contributed by atoms with Gasteiger partial charge in [0.2, 0.25) is 0 Å². The molecule has 0 unspecified atom stereocenters. The van der Waals surface area contributed by atoms with Crippen molar-refractivity contribution >= 4 is 17.3 Å². The molecule has 0 amide bonds. The van der Waals surface area contributed by atoms with E-state index in [4.69, 9.17) is 9.73 Å². The Morgan fingerprint density at radius 1 is 1.42 bits per heavy atom. The van der Waals surface area contributed by atoms with E-state index >= 15 is 0 Å². The minimum absolute atomic E-state index is 0.752. The molecule has 0 radical (unpaired) electrons. The Morgan fingerprint density at radius 2 is 2.31 bits per heavy atom. The number of thiophene rings is 1. The highest BCUT2D eigenvalue weighted by atomic mass is 32.1.